The molecule has 2 amide bonds. The fraction of sp³-hybridized carbons (Fsp3) is 0.391. The fourth-order valence-corrected chi connectivity index (χ4v) is 4.58. The minimum atomic E-state index is -3.81. The number of sulfonamides is 1. The van der Waals surface area contributed by atoms with E-state index in [-0.39, 0.29) is 29.8 Å². The topological polar surface area (TPSA) is 133 Å². The lowest BCUT2D eigenvalue weighted by Crippen LogP contribution is -2.36. The third-order valence-corrected chi connectivity index (χ3v) is 6.44. The number of pyridine rings is 1. The number of rotatable bonds is 8. The van der Waals surface area contributed by atoms with Gasteiger partial charge in [-0.1, -0.05) is 12.5 Å². The van der Waals surface area contributed by atoms with Crippen molar-refractivity contribution in [1.29, 1.82) is 0 Å². The first-order chi connectivity index (χ1) is 16.2. The third kappa shape index (κ3) is 7.92. The lowest BCUT2D eigenvalue weighted by molar-refractivity contribution is -0.119. The molecular weight excluding hydrogens is 456 g/mol. The van der Waals surface area contributed by atoms with Gasteiger partial charge in [-0.25, -0.2) is 13.4 Å². The molecule has 2 aromatic rings. The molecule has 1 aliphatic heterocycles. The van der Waals surface area contributed by atoms with Crippen molar-refractivity contribution in [3.05, 3.63) is 48.2 Å². The number of hydrogen-bond acceptors (Lipinski definition) is 7. The summed E-state index contributed by atoms with van der Waals surface area (Å²) in [5, 5.41) is 5.37. The number of carbonyl (C=O) groups is 2. The van der Waals surface area contributed by atoms with Gasteiger partial charge in [-0.3, -0.25) is 24.2 Å². The van der Waals surface area contributed by atoms with Gasteiger partial charge in [-0.05, 0) is 62.7 Å². The molecule has 1 aliphatic rings. The van der Waals surface area contributed by atoms with Crippen molar-refractivity contribution < 1.29 is 18.0 Å². The molecule has 0 bridgehead atoms. The number of likely N-dealkylation sites (N-methyl/N-ethyl adjacent to an activating group) is 1. The van der Waals surface area contributed by atoms with Crippen molar-refractivity contribution in [2.75, 3.05) is 37.3 Å². The number of amides is 2. The van der Waals surface area contributed by atoms with E-state index in [0.29, 0.717) is 30.3 Å². The second-order valence-corrected chi connectivity index (χ2v) is 9.94. The Bertz CT molecular complexity index is 1170. The average molecular weight is 487 g/mol. The Morgan fingerprint density at radius 3 is 2.56 bits per heavy atom. The van der Waals surface area contributed by atoms with Gasteiger partial charge in [0.15, 0.2) is 0 Å². The van der Waals surface area contributed by atoms with Crippen molar-refractivity contribution in [3.8, 4) is 0 Å². The molecule has 0 saturated carbocycles. The molecule has 0 spiro atoms. The fourth-order valence-electron chi connectivity index (χ4n) is 3.45. The van der Waals surface area contributed by atoms with Gasteiger partial charge in [0.25, 0.3) is 10.0 Å². The number of amidine groups is 1. The molecule has 3 N–H and O–H groups in total. The molecule has 3 rings (SSSR count). The van der Waals surface area contributed by atoms with E-state index in [9.17, 15) is 18.0 Å². The maximum absolute atomic E-state index is 12.8. The molecule has 0 aliphatic carbocycles. The van der Waals surface area contributed by atoms with Gasteiger partial charge in [0.05, 0.1) is 18.0 Å². The Morgan fingerprint density at radius 2 is 1.79 bits per heavy atom. The molecule has 1 aromatic carbocycles. The molecular formula is C23H30N6O4S. The van der Waals surface area contributed by atoms with Gasteiger partial charge >= 0.3 is 0 Å². The number of anilines is 2. The van der Waals surface area contributed by atoms with Gasteiger partial charge in [-0.15, -0.1) is 0 Å². The Kier molecular flexibility index (Phi) is 8.72. The summed E-state index contributed by atoms with van der Waals surface area (Å²) < 4.78 is 28.1. The van der Waals surface area contributed by atoms with Gasteiger partial charge in [0.2, 0.25) is 11.8 Å². The summed E-state index contributed by atoms with van der Waals surface area (Å²) in [5.41, 5.74) is 1.32. The SMILES string of the molecule is Cc1ccnc(NC(=O)CN(C)CC(=O)Nc2cccc(S(=O)(=O)NC3=NCCCCC3)c2)c1. The maximum atomic E-state index is 12.8. The van der Waals surface area contributed by atoms with Crippen LogP contribution in [0.3, 0.4) is 0 Å². The van der Waals surface area contributed by atoms with Crippen LogP contribution in [0.4, 0.5) is 11.5 Å². The Balaban J connectivity index is 1.54. The van der Waals surface area contributed by atoms with Crippen LogP contribution in [0.2, 0.25) is 0 Å². The number of aromatic nitrogens is 1. The average Bonchev–Trinajstić information content (AvgIpc) is 3.01. The molecule has 11 heteroatoms. The molecule has 0 radical (unpaired) electrons. The number of aryl methyl sites for hydroxylation is 1. The lowest BCUT2D eigenvalue weighted by atomic mass is 10.2. The van der Waals surface area contributed by atoms with Crippen molar-refractivity contribution >= 4 is 39.2 Å². The standard InChI is InChI=1S/C23H30N6O4S/c1-17-10-12-25-21(13-17)27-23(31)16-29(2)15-22(30)26-18-7-6-8-19(14-18)34(32,33)28-20-9-4-3-5-11-24-20/h6-8,10,12-14H,3-5,9,11,15-16H2,1-2H3,(H,24,28)(H,26,30)(H,25,27,31). The molecule has 182 valence electrons. The van der Waals surface area contributed by atoms with E-state index in [0.717, 1.165) is 24.8 Å². The van der Waals surface area contributed by atoms with Crippen LogP contribution in [0.15, 0.2) is 52.5 Å². The lowest BCUT2D eigenvalue weighted by Gasteiger charge is -2.16. The van der Waals surface area contributed by atoms with Gasteiger partial charge in [-0.2, -0.15) is 0 Å². The third-order valence-electron chi connectivity index (χ3n) is 5.06. The Hall–Kier alpha value is -3.31. The summed E-state index contributed by atoms with van der Waals surface area (Å²) in [6, 6.07) is 9.61. The van der Waals surface area contributed by atoms with E-state index in [4.69, 9.17) is 0 Å². The second kappa shape index (κ2) is 11.7. The van der Waals surface area contributed by atoms with E-state index in [1.54, 1.807) is 36.3 Å². The normalized spacial score (nSPS) is 14.1. The molecule has 0 saturated heterocycles. The zero-order valence-corrected chi connectivity index (χ0v) is 20.2. The monoisotopic (exact) mass is 486 g/mol. The highest BCUT2D eigenvalue weighted by Crippen LogP contribution is 2.17. The molecule has 10 nitrogen and oxygen atoms in total. The molecule has 0 unspecified atom stereocenters. The number of carbonyl (C=O) groups excluding carboxylic acids is 2. The first kappa shape index (κ1) is 25.3. The molecule has 34 heavy (non-hydrogen) atoms. The van der Waals surface area contributed by atoms with Gasteiger partial charge in [0.1, 0.15) is 11.7 Å². The van der Waals surface area contributed by atoms with E-state index in [1.165, 1.54) is 12.1 Å². The summed E-state index contributed by atoms with van der Waals surface area (Å²) in [6.45, 7) is 2.45. The van der Waals surface area contributed by atoms with Crippen molar-refractivity contribution in [2.24, 2.45) is 4.99 Å². The first-order valence-corrected chi connectivity index (χ1v) is 12.6. The van der Waals surface area contributed by atoms with Crippen molar-refractivity contribution in [3.63, 3.8) is 0 Å². The highest BCUT2D eigenvalue weighted by molar-refractivity contribution is 7.90. The number of nitrogens with one attached hydrogen (secondary N) is 3. The molecule has 2 heterocycles. The van der Waals surface area contributed by atoms with E-state index >= 15 is 0 Å². The van der Waals surface area contributed by atoms with Crippen LogP contribution in [-0.4, -0.2) is 62.6 Å². The number of benzene rings is 1. The van der Waals surface area contributed by atoms with Crippen LogP contribution in [-0.2, 0) is 19.6 Å². The molecule has 1 aromatic heterocycles. The van der Waals surface area contributed by atoms with Crippen LogP contribution in [0, 0.1) is 6.92 Å². The van der Waals surface area contributed by atoms with E-state index in [2.05, 4.69) is 25.3 Å². The molecule has 0 atom stereocenters. The van der Waals surface area contributed by atoms with Crippen LogP contribution in [0.1, 0.15) is 31.2 Å². The summed E-state index contributed by atoms with van der Waals surface area (Å²) >= 11 is 0. The summed E-state index contributed by atoms with van der Waals surface area (Å²) in [5.74, 6) is 0.241. The molecule has 0 fully saturated rings. The van der Waals surface area contributed by atoms with Crippen LogP contribution in [0.25, 0.3) is 0 Å². The summed E-state index contributed by atoms with van der Waals surface area (Å²) in [7, 11) is -2.17. The van der Waals surface area contributed by atoms with Crippen molar-refractivity contribution in [2.45, 2.75) is 37.5 Å². The van der Waals surface area contributed by atoms with E-state index < -0.39 is 10.0 Å². The van der Waals surface area contributed by atoms with Crippen LogP contribution in [0.5, 0.6) is 0 Å². The minimum absolute atomic E-state index is 0.0104. The predicted molar refractivity (Wildman–Crippen MR) is 131 cm³/mol. The van der Waals surface area contributed by atoms with Crippen LogP contribution >= 0.6 is 0 Å². The maximum Gasteiger partial charge on any atom is 0.262 e. The largest absolute Gasteiger partial charge is 0.325 e. The van der Waals surface area contributed by atoms with Gasteiger partial charge in [0, 0.05) is 24.8 Å². The van der Waals surface area contributed by atoms with Crippen molar-refractivity contribution in [1.82, 2.24) is 14.6 Å². The van der Waals surface area contributed by atoms with Crippen LogP contribution < -0.4 is 15.4 Å². The van der Waals surface area contributed by atoms with E-state index in [1.807, 2.05) is 13.0 Å². The highest BCUT2D eigenvalue weighted by Gasteiger charge is 2.18. The number of aliphatic imine (C=N–C) groups is 1. The highest BCUT2D eigenvalue weighted by atomic mass is 32.2. The zero-order valence-electron chi connectivity index (χ0n) is 19.4. The second-order valence-electron chi connectivity index (χ2n) is 8.26. The van der Waals surface area contributed by atoms with Gasteiger partial charge < -0.3 is 10.6 Å². The zero-order chi connectivity index (χ0) is 24.6. The summed E-state index contributed by atoms with van der Waals surface area (Å²) in [4.78, 5) is 34.6. The quantitative estimate of drug-likeness (QED) is 0.524. The smallest absolute Gasteiger partial charge is 0.262 e. The summed E-state index contributed by atoms with van der Waals surface area (Å²) in [6.07, 6.45) is 5.07. The first-order valence-electron chi connectivity index (χ1n) is 11.1. The number of nitrogens with zero attached hydrogens (tertiary/aromatic N) is 3. The minimum Gasteiger partial charge on any atom is -0.325 e. The number of hydrogen-bond donors (Lipinski definition) is 3. The predicted octanol–water partition coefficient (Wildman–Crippen LogP) is 2.15. The Labute approximate surface area is 199 Å². The Morgan fingerprint density at radius 1 is 1.03 bits per heavy atom.